The molecule has 2 aromatic carbocycles. The second-order valence-electron chi connectivity index (χ2n) is 10.3. The van der Waals surface area contributed by atoms with Gasteiger partial charge in [0.2, 0.25) is 0 Å². The number of nitrogens with zero attached hydrogens (tertiary/aromatic N) is 3. The third-order valence-electron chi connectivity index (χ3n) is 7.57. The summed E-state index contributed by atoms with van der Waals surface area (Å²) in [7, 11) is 4.31. The van der Waals surface area contributed by atoms with Gasteiger partial charge in [0, 0.05) is 68.1 Å². The lowest BCUT2D eigenvalue weighted by Gasteiger charge is -2.34. The molecule has 2 aromatic rings. The van der Waals surface area contributed by atoms with E-state index >= 15 is 0 Å². The molecule has 0 radical (unpaired) electrons. The molecule has 0 atom stereocenters. The van der Waals surface area contributed by atoms with Gasteiger partial charge in [-0.15, -0.1) is 0 Å². The summed E-state index contributed by atoms with van der Waals surface area (Å²) in [5.41, 5.74) is 9.83. The van der Waals surface area contributed by atoms with Crippen molar-refractivity contribution in [2.24, 2.45) is 0 Å². The van der Waals surface area contributed by atoms with Gasteiger partial charge >= 0.3 is 0 Å². The summed E-state index contributed by atoms with van der Waals surface area (Å²) < 4.78 is 0. The molecule has 0 N–H and O–H groups in total. The van der Waals surface area contributed by atoms with Crippen molar-refractivity contribution in [1.29, 1.82) is 0 Å². The molecule has 1 aliphatic heterocycles. The maximum Gasteiger partial charge on any atom is 0.144 e. The predicted octanol–water partition coefficient (Wildman–Crippen LogP) is 7.62. The van der Waals surface area contributed by atoms with Crippen LogP contribution in [0.1, 0.15) is 75.5 Å². The van der Waals surface area contributed by atoms with Gasteiger partial charge in [-0.25, -0.2) is 0 Å². The number of unbranched alkanes of at least 4 members (excludes halogenated alkanes) is 1. The molecule has 4 rings (SSSR count). The Morgan fingerprint density at radius 3 is 2.32 bits per heavy atom. The van der Waals surface area contributed by atoms with Crippen molar-refractivity contribution in [2.75, 3.05) is 43.5 Å². The summed E-state index contributed by atoms with van der Waals surface area (Å²) in [6.07, 6.45) is 15.4. The molecule has 1 aliphatic carbocycles. The monoisotopic (exact) mass is 497 g/mol. The summed E-state index contributed by atoms with van der Waals surface area (Å²) in [4.78, 5) is 18.8. The van der Waals surface area contributed by atoms with Crippen LogP contribution in [0.25, 0.3) is 17.5 Å². The van der Waals surface area contributed by atoms with Crippen LogP contribution in [0, 0.1) is 0 Å². The third-order valence-corrected chi connectivity index (χ3v) is 7.57. The third kappa shape index (κ3) is 6.54. The van der Waals surface area contributed by atoms with Crippen molar-refractivity contribution in [1.82, 2.24) is 4.90 Å². The van der Waals surface area contributed by atoms with E-state index in [1.54, 1.807) is 6.08 Å². The van der Waals surface area contributed by atoms with Gasteiger partial charge in [-0.1, -0.05) is 49.8 Å². The fourth-order valence-electron chi connectivity index (χ4n) is 5.21. The second kappa shape index (κ2) is 12.8. The minimum Gasteiger partial charge on any atom is -0.374 e. The largest absolute Gasteiger partial charge is 0.374 e. The summed E-state index contributed by atoms with van der Waals surface area (Å²) in [6, 6.07) is 15.7. The maximum absolute atomic E-state index is 11.8. The van der Waals surface area contributed by atoms with E-state index in [0.29, 0.717) is 0 Å². The lowest BCUT2D eigenvalue weighted by Crippen LogP contribution is -2.29. The van der Waals surface area contributed by atoms with Gasteiger partial charge in [0.15, 0.2) is 0 Å². The summed E-state index contributed by atoms with van der Waals surface area (Å²) in [5.74, 6) is 0. The number of likely N-dealkylation sites (tertiary alicyclic amines) is 1. The minimum absolute atomic E-state index is 0.908. The molecule has 1 heterocycles. The Balaban J connectivity index is 1.71. The highest BCUT2D eigenvalue weighted by atomic mass is 16.1. The van der Waals surface area contributed by atoms with Crippen LogP contribution < -0.4 is 9.80 Å². The normalized spacial score (nSPS) is 15.7. The van der Waals surface area contributed by atoms with Crippen LogP contribution in [0.3, 0.4) is 0 Å². The van der Waals surface area contributed by atoms with Crippen molar-refractivity contribution in [3.8, 4) is 0 Å². The van der Waals surface area contributed by atoms with Crippen LogP contribution in [0.2, 0.25) is 0 Å². The number of carbonyl (C=O) groups excluding carboxylic acids is 1. The van der Waals surface area contributed by atoms with Crippen LogP contribution in [-0.2, 0) is 4.79 Å². The highest BCUT2D eigenvalue weighted by molar-refractivity contribution is 5.89. The van der Waals surface area contributed by atoms with E-state index in [-0.39, 0.29) is 0 Å². The van der Waals surface area contributed by atoms with Crippen molar-refractivity contribution < 1.29 is 4.79 Å². The number of aldehydes is 1. The Labute approximate surface area is 224 Å². The zero-order valence-electron chi connectivity index (χ0n) is 23.2. The minimum atomic E-state index is 0.908. The van der Waals surface area contributed by atoms with E-state index in [1.165, 1.54) is 53.8 Å². The summed E-state index contributed by atoms with van der Waals surface area (Å²) >= 11 is 0. The number of rotatable bonds is 11. The van der Waals surface area contributed by atoms with E-state index in [0.717, 1.165) is 62.1 Å². The number of allylic oxidation sites excluding steroid dienone is 3. The molecular weight excluding hydrogens is 454 g/mol. The fraction of sp³-hybridized carbons (Fsp3) is 0.424. The number of hydrogen-bond acceptors (Lipinski definition) is 4. The summed E-state index contributed by atoms with van der Waals surface area (Å²) in [6.45, 7) is 7.29. The molecule has 37 heavy (non-hydrogen) atoms. The predicted molar refractivity (Wildman–Crippen MR) is 160 cm³/mol. The Bertz CT molecular complexity index is 1150. The Hall–Kier alpha value is -3.27. The van der Waals surface area contributed by atoms with Gasteiger partial charge in [0.1, 0.15) is 6.29 Å². The average Bonchev–Trinajstić information content (AvgIpc) is 3.78. The van der Waals surface area contributed by atoms with Crippen molar-refractivity contribution >= 4 is 35.1 Å². The molecule has 4 heteroatoms. The number of carbonyl (C=O) groups is 1. The van der Waals surface area contributed by atoms with Crippen molar-refractivity contribution in [3.63, 3.8) is 0 Å². The van der Waals surface area contributed by atoms with Crippen molar-refractivity contribution in [2.45, 2.75) is 58.8 Å². The first-order valence-corrected chi connectivity index (χ1v) is 14.1. The quantitative estimate of drug-likeness (QED) is 0.236. The molecule has 0 spiro atoms. The van der Waals surface area contributed by atoms with Crippen LogP contribution in [0.15, 0.2) is 60.2 Å². The smallest absolute Gasteiger partial charge is 0.144 e. The number of piperidine rings is 1. The fourth-order valence-corrected chi connectivity index (χ4v) is 5.21. The first kappa shape index (κ1) is 26.8. The van der Waals surface area contributed by atoms with Gasteiger partial charge in [0.25, 0.3) is 0 Å². The molecule has 0 amide bonds. The summed E-state index contributed by atoms with van der Waals surface area (Å²) in [5, 5.41) is 0. The average molecular weight is 498 g/mol. The molecule has 2 aliphatic rings. The lowest BCUT2D eigenvalue weighted by molar-refractivity contribution is -0.104. The first-order chi connectivity index (χ1) is 18.1. The van der Waals surface area contributed by atoms with E-state index in [2.05, 4.69) is 97.3 Å². The molecule has 0 aromatic heterocycles. The lowest BCUT2D eigenvalue weighted by atomic mass is 10.0. The molecule has 1 saturated heterocycles. The number of anilines is 2. The Kier molecular flexibility index (Phi) is 9.27. The Morgan fingerprint density at radius 2 is 1.70 bits per heavy atom. The van der Waals surface area contributed by atoms with Gasteiger partial charge in [0.05, 0.1) is 0 Å². The van der Waals surface area contributed by atoms with E-state index in [9.17, 15) is 4.79 Å². The van der Waals surface area contributed by atoms with Crippen LogP contribution in [-0.4, -0.2) is 44.9 Å². The number of benzene rings is 2. The molecule has 4 nitrogen and oxygen atoms in total. The first-order valence-electron chi connectivity index (χ1n) is 14.1. The number of hydrogen-bond donors (Lipinski definition) is 0. The van der Waals surface area contributed by atoms with Crippen molar-refractivity contribution in [3.05, 3.63) is 76.9 Å². The molecule has 0 bridgehead atoms. The topological polar surface area (TPSA) is 26.8 Å². The zero-order chi connectivity index (χ0) is 26.2. The van der Waals surface area contributed by atoms with Crippen LogP contribution in [0.5, 0.6) is 0 Å². The van der Waals surface area contributed by atoms with Crippen LogP contribution in [0.4, 0.5) is 11.4 Å². The highest BCUT2D eigenvalue weighted by Crippen LogP contribution is 2.41. The van der Waals surface area contributed by atoms with E-state index in [1.807, 2.05) is 0 Å². The van der Waals surface area contributed by atoms with Crippen LogP contribution >= 0.6 is 0 Å². The molecule has 0 unspecified atom stereocenters. The molecule has 196 valence electrons. The second-order valence-corrected chi connectivity index (χ2v) is 10.3. The van der Waals surface area contributed by atoms with Gasteiger partial charge in [-0.05, 0) is 80.3 Å². The SMILES string of the molecule is CCC/C=C/c1ccc(C(=C2CC2)N(C)c2ccc(N(C)CC)c(/C(=C\C=O)N3CCCCC3)c2)cc1. The zero-order valence-corrected chi connectivity index (χ0v) is 23.2. The highest BCUT2D eigenvalue weighted by Gasteiger charge is 2.25. The molecule has 2 fully saturated rings. The van der Waals surface area contributed by atoms with Gasteiger partial charge < -0.3 is 14.7 Å². The van der Waals surface area contributed by atoms with E-state index < -0.39 is 0 Å². The standard InChI is InChI=1S/C33H43N3O/c1-5-7-9-12-26-13-15-27(16-14-26)33(28-17-18-28)35(4)29-19-20-31(34(3)6-2)30(25-29)32(21-24-37)36-22-10-8-11-23-36/h9,12-16,19-21,24-25H,5-8,10-11,17-18,22-23H2,1-4H3/b12-9+,32-21+. The molecular formula is C33H43N3O. The van der Waals surface area contributed by atoms with Gasteiger partial charge in [-0.2, -0.15) is 0 Å². The maximum atomic E-state index is 11.8. The van der Waals surface area contributed by atoms with E-state index in [4.69, 9.17) is 0 Å². The Morgan fingerprint density at radius 1 is 0.973 bits per heavy atom. The molecule has 1 saturated carbocycles. The van der Waals surface area contributed by atoms with Gasteiger partial charge in [-0.3, -0.25) is 4.79 Å².